The highest BCUT2D eigenvalue weighted by Crippen LogP contribution is 2.29. The fourth-order valence-electron chi connectivity index (χ4n) is 2.98. The Morgan fingerprint density at radius 1 is 1.30 bits per heavy atom. The number of ether oxygens (including phenoxy) is 1. The van der Waals surface area contributed by atoms with Gasteiger partial charge in [0.15, 0.2) is 0 Å². The van der Waals surface area contributed by atoms with Crippen molar-refractivity contribution < 1.29 is 4.74 Å². The van der Waals surface area contributed by atoms with Crippen molar-refractivity contribution in [1.82, 2.24) is 4.90 Å². The normalized spacial score (nSPS) is 21.1. The standard InChI is InChI=1S/C17H28N2O/c1-3-11-20-16-7-5-15(6-8-16)17(12-18)19-10-9-14(4-2)13-19/h5-8,14,17H,3-4,9-13,18H2,1-2H3. The lowest BCUT2D eigenvalue weighted by atomic mass is 10.0. The van der Waals surface area contributed by atoms with E-state index in [1.807, 2.05) is 0 Å². The van der Waals surface area contributed by atoms with Crippen molar-refractivity contribution >= 4 is 0 Å². The molecule has 0 aromatic heterocycles. The maximum absolute atomic E-state index is 6.02. The van der Waals surface area contributed by atoms with Crippen molar-refractivity contribution in [2.24, 2.45) is 11.7 Å². The van der Waals surface area contributed by atoms with Gasteiger partial charge < -0.3 is 10.5 Å². The Kier molecular flexibility index (Phi) is 5.86. The van der Waals surface area contributed by atoms with Gasteiger partial charge in [0.25, 0.3) is 0 Å². The second kappa shape index (κ2) is 7.65. The smallest absolute Gasteiger partial charge is 0.119 e. The Labute approximate surface area is 123 Å². The van der Waals surface area contributed by atoms with Gasteiger partial charge >= 0.3 is 0 Å². The fourth-order valence-corrected chi connectivity index (χ4v) is 2.98. The third kappa shape index (κ3) is 3.74. The molecule has 1 heterocycles. The first kappa shape index (κ1) is 15.3. The summed E-state index contributed by atoms with van der Waals surface area (Å²) in [6.07, 6.45) is 3.63. The van der Waals surface area contributed by atoms with Crippen LogP contribution < -0.4 is 10.5 Å². The highest BCUT2D eigenvalue weighted by molar-refractivity contribution is 5.29. The van der Waals surface area contributed by atoms with E-state index in [0.29, 0.717) is 12.6 Å². The average molecular weight is 276 g/mol. The molecule has 2 unspecified atom stereocenters. The molecule has 0 spiro atoms. The van der Waals surface area contributed by atoms with Crippen LogP contribution in [0.1, 0.15) is 44.7 Å². The van der Waals surface area contributed by atoms with E-state index in [1.54, 1.807) is 0 Å². The molecule has 1 aliphatic heterocycles. The van der Waals surface area contributed by atoms with Crippen LogP contribution in [0.25, 0.3) is 0 Å². The Bertz CT molecular complexity index is 390. The highest BCUT2D eigenvalue weighted by Gasteiger charge is 2.27. The average Bonchev–Trinajstić information content (AvgIpc) is 2.96. The quantitative estimate of drug-likeness (QED) is 0.831. The zero-order valence-corrected chi connectivity index (χ0v) is 12.8. The first-order valence-corrected chi connectivity index (χ1v) is 7.95. The summed E-state index contributed by atoms with van der Waals surface area (Å²) < 4.78 is 5.64. The maximum Gasteiger partial charge on any atom is 0.119 e. The van der Waals surface area contributed by atoms with Crippen LogP contribution in [0, 0.1) is 5.92 Å². The lowest BCUT2D eigenvalue weighted by Gasteiger charge is -2.27. The zero-order valence-electron chi connectivity index (χ0n) is 12.8. The van der Waals surface area contributed by atoms with Gasteiger partial charge in [0.1, 0.15) is 5.75 Å². The summed E-state index contributed by atoms with van der Waals surface area (Å²) in [7, 11) is 0. The van der Waals surface area contributed by atoms with Crippen molar-refractivity contribution in [3.63, 3.8) is 0 Å². The molecule has 2 atom stereocenters. The number of benzene rings is 1. The molecule has 1 saturated heterocycles. The van der Waals surface area contributed by atoms with Gasteiger partial charge in [-0.2, -0.15) is 0 Å². The molecule has 2 N–H and O–H groups in total. The molecule has 1 aromatic rings. The van der Waals surface area contributed by atoms with Crippen LogP contribution in [0.4, 0.5) is 0 Å². The molecule has 20 heavy (non-hydrogen) atoms. The minimum absolute atomic E-state index is 0.353. The summed E-state index contributed by atoms with van der Waals surface area (Å²) in [5.41, 5.74) is 7.33. The van der Waals surface area contributed by atoms with Crippen molar-refractivity contribution in [2.45, 2.75) is 39.2 Å². The van der Waals surface area contributed by atoms with Gasteiger partial charge in [0.05, 0.1) is 6.61 Å². The van der Waals surface area contributed by atoms with E-state index in [2.05, 4.69) is 43.0 Å². The summed E-state index contributed by atoms with van der Waals surface area (Å²) in [4.78, 5) is 2.54. The van der Waals surface area contributed by atoms with Crippen LogP contribution in [0.2, 0.25) is 0 Å². The van der Waals surface area contributed by atoms with Gasteiger partial charge in [-0.15, -0.1) is 0 Å². The van der Waals surface area contributed by atoms with Crippen LogP contribution in [-0.4, -0.2) is 31.1 Å². The van der Waals surface area contributed by atoms with Crippen LogP contribution >= 0.6 is 0 Å². The summed E-state index contributed by atoms with van der Waals surface area (Å²) >= 11 is 0. The van der Waals surface area contributed by atoms with E-state index in [0.717, 1.165) is 24.7 Å². The minimum atomic E-state index is 0.353. The van der Waals surface area contributed by atoms with Crippen LogP contribution in [-0.2, 0) is 0 Å². The second-order valence-corrected chi connectivity index (χ2v) is 5.73. The first-order valence-electron chi connectivity index (χ1n) is 7.95. The van der Waals surface area contributed by atoms with E-state index in [-0.39, 0.29) is 0 Å². The third-order valence-corrected chi connectivity index (χ3v) is 4.30. The fraction of sp³-hybridized carbons (Fsp3) is 0.647. The van der Waals surface area contributed by atoms with Gasteiger partial charge in [0.2, 0.25) is 0 Å². The molecule has 3 nitrogen and oxygen atoms in total. The number of hydrogen-bond donors (Lipinski definition) is 1. The Balaban J connectivity index is 2.00. The topological polar surface area (TPSA) is 38.5 Å². The Morgan fingerprint density at radius 3 is 2.60 bits per heavy atom. The molecule has 112 valence electrons. The molecule has 1 aliphatic rings. The Hall–Kier alpha value is -1.06. The molecular formula is C17H28N2O. The maximum atomic E-state index is 6.02. The van der Waals surface area contributed by atoms with Crippen LogP contribution in [0.3, 0.4) is 0 Å². The van der Waals surface area contributed by atoms with Crippen LogP contribution in [0.5, 0.6) is 5.75 Å². The summed E-state index contributed by atoms with van der Waals surface area (Å²) in [5, 5.41) is 0. The first-order chi connectivity index (χ1) is 9.78. The number of hydrogen-bond acceptors (Lipinski definition) is 3. The lowest BCUT2D eigenvalue weighted by molar-refractivity contribution is 0.240. The summed E-state index contributed by atoms with van der Waals surface area (Å²) in [5.74, 6) is 1.80. The van der Waals surface area contributed by atoms with Crippen molar-refractivity contribution in [3.05, 3.63) is 29.8 Å². The molecule has 0 saturated carbocycles. The lowest BCUT2D eigenvalue weighted by Crippen LogP contribution is -2.32. The molecule has 0 bridgehead atoms. The summed E-state index contributed by atoms with van der Waals surface area (Å²) in [6.45, 7) is 8.23. The number of nitrogens with two attached hydrogens (primary N) is 1. The second-order valence-electron chi connectivity index (χ2n) is 5.73. The molecule has 0 amide bonds. The zero-order chi connectivity index (χ0) is 14.4. The predicted molar refractivity (Wildman–Crippen MR) is 84.0 cm³/mol. The molecule has 1 aromatic carbocycles. The van der Waals surface area contributed by atoms with Gasteiger partial charge in [0, 0.05) is 19.1 Å². The predicted octanol–water partition coefficient (Wildman–Crippen LogP) is 3.21. The molecule has 3 heteroatoms. The molecular weight excluding hydrogens is 248 g/mol. The van der Waals surface area contributed by atoms with E-state index in [1.165, 1.54) is 31.5 Å². The third-order valence-electron chi connectivity index (χ3n) is 4.30. The minimum Gasteiger partial charge on any atom is -0.494 e. The van der Waals surface area contributed by atoms with Gasteiger partial charge in [-0.3, -0.25) is 4.90 Å². The largest absolute Gasteiger partial charge is 0.494 e. The van der Waals surface area contributed by atoms with Gasteiger partial charge in [-0.05, 0) is 43.0 Å². The van der Waals surface area contributed by atoms with Crippen molar-refractivity contribution in [3.8, 4) is 5.75 Å². The Morgan fingerprint density at radius 2 is 2.05 bits per heavy atom. The van der Waals surface area contributed by atoms with Crippen LogP contribution in [0.15, 0.2) is 24.3 Å². The van der Waals surface area contributed by atoms with E-state index < -0.39 is 0 Å². The number of likely N-dealkylation sites (tertiary alicyclic amines) is 1. The molecule has 0 radical (unpaired) electrons. The van der Waals surface area contributed by atoms with Gasteiger partial charge in [-0.1, -0.05) is 32.4 Å². The van der Waals surface area contributed by atoms with E-state index >= 15 is 0 Å². The van der Waals surface area contributed by atoms with Crippen molar-refractivity contribution in [1.29, 1.82) is 0 Å². The van der Waals surface area contributed by atoms with E-state index in [9.17, 15) is 0 Å². The SMILES string of the molecule is CCCOc1ccc(C(CN)N2CCC(CC)C2)cc1. The number of rotatable bonds is 7. The molecule has 2 rings (SSSR count). The highest BCUT2D eigenvalue weighted by atomic mass is 16.5. The summed E-state index contributed by atoms with van der Waals surface area (Å²) in [6, 6.07) is 8.83. The van der Waals surface area contributed by atoms with Gasteiger partial charge in [-0.25, -0.2) is 0 Å². The molecule has 1 fully saturated rings. The van der Waals surface area contributed by atoms with Crippen molar-refractivity contribution in [2.75, 3.05) is 26.2 Å². The number of nitrogens with zero attached hydrogens (tertiary/aromatic N) is 1. The van der Waals surface area contributed by atoms with E-state index in [4.69, 9.17) is 10.5 Å². The molecule has 0 aliphatic carbocycles. The monoisotopic (exact) mass is 276 g/mol.